The first-order valence-electron chi connectivity index (χ1n) is 8.63. The molecular formula is C22H22N2O2. The van der Waals surface area contributed by atoms with Crippen molar-refractivity contribution < 1.29 is 9.59 Å². The summed E-state index contributed by atoms with van der Waals surface area (Å²) in [6, 6.07) is 23.0. The quantitative estimate of drug-likeness (QED) is 0.743. The van der Waals surface area contributed by atoms with Crippen molar-refractivity contribution in [2.24, 2.45) is 5.73 Å². The largest absolute Gasteiger partial charge is 0.370 e. The van der Waals surface area contributed by atoms with Crippen LogP contribution in [0, 0.1) is 0 Å². The molecule has 0 saturated carbocycles. The smallest absolute Gasteiger partial charge is 0.254 e. The number of nitrogens with zero attached hydrogens (tertiary/aromatic N) is 1. The van der Waals surface area contributed by atoms with Crippen LogP contribution in [0.15, 0.2) is 72.8 Å². The molecule has 0 heterocycles. The fourth-order valence-corrected chi connectivity index (χ4v) is 3.23. The zero-order chi connectivity index (χ0) is 18.5. The van der Waals surface area contributed by atoms with Gasteiger partial charge in [0.05, 0.1) is 0 Å². The van der Waals surface area contributed by atoms with Gasteiger partial charge in [0.1, 0.15) is 0 Å². The molecule has 0 spiro atoms. The van der Waals surface area contributed by atoms with Crippen LogP contribution >= 0.6 is 0 Å². The summed E-state index contributed by atoms with van der Waals surface area (Å²) < 4.78 is 0. The molecule has 0 saturated heterocycles. The van der Waals surface area contributed by atoms with Gasteiger partial charge in [-0.3, -0.25) is 9.59 Å². The minimum Gasteiger partial charge on any atom is -0.370 e. The summed E-state index contributed by atoms with van der Waals surface area (Å²) in [5, 5.41) is 1.92. The van der Waals surface area contributed by atoms with E-state index in [1.165, 1.54) is 0 Å². The minimum absolute atomic E-state index is 0.107. The lowest BCUT2D eigenvalue weighted by molar-refractivity contribution is -0.118. The number of fused-ring (bicyclic) bond motifs is 1. The second-order valence-electron chi connectivity index (χ2n) is 6.46. The van der Waals surface area contributed by atoms with E-state index in [1.807, 2.05) is 72.8 Å². The average Bonchev–Trinajstić information content (AvgIpc) is 2.66. The Hall–Kier alpha value is -3.14. The number of hydrogen-bond donors (Lipinski definition) is 1. The molecule has 0 aliphatic heterocycles. The molecule has 0 unspecified atom stereocenters. The van der Waals surface area contributed by atoms with E-state index in [1.54, 1.807) is 11.9 Å². The van der Waals surface area contributed by atoms with Gasteiger partial charge in [0.25, 0.3) is 5.91 Å². The molecule has 26 heavy (non-hydrogen) atoms. The Balaban J connectivity index is 1.91. The Kier molecular flexibility index (Phi) is 5.32. The van der Waals surface area contributed by atoms with E-state index < -0.39 is 5.91 Å². The first-order chi connectivity index (χ1) is 12.6. The van der Waals surface area contributed by atoms with Gasteiger partial charge in [0.15, 0.2) is 0 Å². The van der Waals surface area contributed by atoms with E-state index in [9.17, 15) is 9.59 Å². The van der Waals surface area contributed by atoms with Crippen molar-refractivity contribution in [1.29, 1.82) is 0 Å². The number of nitrogens with two attached hydrogens (primary N) is 1. The van der Waals surface area contributed by atoms with Crippen LogP contribution in [0.4, 0.5) is 0 Å². The lowest BCUT2D eigenvalue weighted by Crippen LogP contribution is -2.41. The summed E-state index contributed by atoms with van der Waals surface area (Å²) >= 11 is 0. The third-order valence-electron chi connectivity index (χ3n) is 4.64. The van der Waals surface area contributed by atoms with Crippen molar-refractivity contribution in [3.05, 3.63) is 83.9 Å². The van der Waals surface area contributed by atoms with Gasteiger partial charge in [-0.1, -0.05) is 66.7 Å². The molecular weight excluding hydrogens is 324 g/mol. The van der Waals surface area contributed by atoms with Gasteiger partial charge >= 0.3 is 0 Å². The number of likely N-dealkylation sites (N-methyl/N-ethyl adjacent to an activating group) is 1. The van der Waals surface area contributed by atoms with E-state index in [4.69, 9.17) is 5.73 Å². The molecule has 2 amide bonds. The standard InChI is InChI=1S/C22H22N2O2/c1-24(18(15-21(23)25)14-16-8-3-2-4-9-16)22(26)20-13-7-11-17-10-5-6-12-19(17)20/h2-13,18H,14-15H2,1H3,(H2,23,25)/t18-/m0/s1. The number of amides is 2. The first-order valence-corrected chi connectivity index (χ1v) is 8.63. The van der Waals surface area contributed by atoms with Crippen LogP contribution in [-0.4, -0.2) is 29.8 Å². The Bertz CT molecular complexity index is 916. The lowest BCUT2D eigenvalue weighted by atomic mass is 9.99. The highest BCUT2D eigenvalue weighted by molar-refractivity contribution is 6.07. The molecule has 0 bridgehead atoms. The third-order valence-corrected chi connectivity index (χ3v) is 4.64. The van der Waals surface area contributed by atoms with Gasteiger partial charge < -0.3 is 10.6 Å². The number of carbonyl (C=O) groups is 2. The summed E-state index contributed by atoms with van der Waals surface area (Å²) in [6.07, 6.45) is 0.707. The average molecular weight is 346 g/mol. The van der Waals surface area contributed by atoms with Crippen LogP contribution in [0.5, 0.6) is 0 Å². The molecule has 3 rings (SSSR count). The van der Waals surface area contributed by atoms with Gasteiger partial charge in [-0.2, -0.15) is 0 Å². The molecule has 3 aromatic rings. The van der Waals surface area contributed by atoms with Gasteiger partial charge in [-0.15, -0.1) is 0 Å². The molecule has 1 atom stereocenters. The lowest BCUT2D eigenvalue weighted by Gasteiger charge is -2.28. The normalized spacial score (nSPS) is 11.9. The van der Waals surface area contributed by atoms with Gasteiger partial charge in [-0.25, -0.2) is 0 Å². The summed E-state index contributed by atoms with van der Waals surface area (Å²) in [6.45, 7) is 0. The summed E-state index contributed by atoms with van der Waals surface area (Å²) in [5.74, 6) is -0.521. The Morgan fingerprint density at radius 3 is 2.31 bits per heavy atom. The van der Waals surface area contributed by atoms with E-state index in [2.05, 4.69) is 0 Å². The van der Waals surface area contributed by atoms with Crippen LogP contribution in [0.1, 0.15) is 22.3 Å². The maximum Gasteiger partial charge on any atom is 0.254 e. The molecule has 132 valence electrons. The zero-order valence-corrected chi connectivity index (χ0v) is 14.8. The summed E-state index contributed by atoms with van der Waals surface area (Å²) in [4.78, 5) is 26.3. The van der Waals surface area contributed by atoms with Crippen molar-refractivity contribution in [2.75, 3.05) is 7.05 Å². The van der Waals surface area contributed by atoms with Crippen molar-refractivity contribution >= 4 is 22.6 Å². The van der Waals surface area contributed by atoms with Gasteiger partial charge in [-0.05, 0) is 28.8 Å². The number of rotatable bonds is 6. The zero-order valence-electron chi connectivity index (χ0n) is 14.8. The fourth-order valence-electron chi connectivity index (χ4n) is 3.23. The predicted molar refractivity (Wildman–Crippen MR) is 104 cm³/mol. The van der Waals surface area contributed by atoms with E-state index in [0.717, 1.165) is 16.3 Å². The van der Waals surface area contributed by atoms with Crippen molar-refractivity contribution in [3.8, 4) is 0 Å². The molecule has 0 aliphatic rings. The number of hydrogen-bond acceptors (Lipinski definition) is 2. The summed E-state index contributed by atoms with van der Waals surface area (Å²) in [7, 11) is 1.74. The topological polar surface area (TPSA) is 63.4 Å². The molecule has 4 heteroatoms. The molecule has 3 aromatic carbocycles. The number of benzene rings is 3. The van der Waals surface area contributed by atoms with Crippen LogP contribution < -0.4 is 5.73 Å². The maximum atomic E-state index is 13.1. The van der Waals surface area contributed by atoms with Crippen LogP contribution in [0.25, 0.3) is 10.8 Å². The third kappa shape index (κ3) is 3.91. The second kappa shape index (κ2) is 7.83. The van der Waals surface area contributed by atoms with Crippen molar-refractivity contribution in [2.45, 2.75) is 18.9 Å². The Morgan fingerprint density at radius 1 is 0.923 bits per heavy atom. The molecule has 0 radical (unpaired) electrons. The number of primary amides is 1. The highest BCUT2D eigenvalue weighted by Gasteiger charge is 2.24. The van der Waals surface area contributed by atoms with E-state index in [-0.39, 0.29) is 18.4 Å². The summed E-state index contributed by atoms with van der Waals surface area (Å²) in [5.41, 5.74) is 7.14. The monoisotopic (exact) mass is 346 g/mol. The highest BCUT2D eigenvalue weighted by Crippen LogP contribution is 2.21. The predicted octanol–water partition coefficient (Wildman–Crippen LogP) is 3.40. The van der Waals surface area contributed by atoms with Crippen molar-refractivity contribution in [3.63, 3.8) is 0 Å². The Morgan fingerprint density at radius 2 is 1.58 bits per heavy atom. The first kappa shape index (κ1) is 17.7. The second-order valence-corrected chi connectivity index (χ2v) is 6.46. The van der Waals surface area contributed by atoms with Crippen LogP contribution in [0.3, 0.4) is 0 Å². The molecule has 0 fully saturated rings. The highest BCUT2D eigenvalue weighted by atomic mass is 16.2. The van der Waals surface area contributed by atoms with E-state index >= 15 is 0 Å². The van der Waals surface area contributed by atoms with Gasteiger partial charge in [0, 0.05) is 25.1 Å². The minimum atomic E-state index is -0.413. The molecule has 4 nitrogen and oxygen atoms in total. The maximum absolute atomic E-state index is 13.1. The Labute approximate surface area is 153 Å². The van der Waals surface area contributed by atoms with E-state index in [0.29, 0.717) is 12.0 Å². The van der Waals surface area contributed by atoms with Crippen LogP contribution in [-0.2, 0) is 11.2 Å². The van der Waals surface area contributed by atoms with Gasteiger partial charge in [0.2, 0.25) is 5.91 Å². The fraction of sp³-hybridized carbons (Fsp3) is 0.182. The SMILES string of the molecule is CN(C(=O)c1cccc2ccccc12)[C@H](CC(N)=O)Cc1ccccc1. The molecule has 0 aliphatic carbocycles. The number of carbonyl (C=O) groups excluding carboxylic acids is 2. The molecule has 0 aromatic heterocycles. The van der Waals surface area contributed by atoms with Crippen LogP contribution in [0.2, 0.25) is 0 Å². The molecule has 2 N–H and O–H groups in total. The van der Waals surface area contributed by atoms with Crippen molar-refractivity contribution in [1.82, 2.24) is 4.90 Å².